The Bertz CT molecular complexity index is 1280. The zero-order valence-corrected chi connectivity index (χ0v) is 16.4. The van der Waals surface area contributed by atoms with Crippen molar-refractivity contribution in [2.45, 2.75) is 0 Å². The number of carbonyl (C=O) groups is 1. The second kappa shape index (κ2) is 7.76. The summed E-state index contributed by atoms with van der Waals surface area (Å²) in [6.45, 7) is 0. The summed E-state index contributed by atoms with van der Waals surface area (Å²) < 4.78 is 11.4. The molecule has 5 rings (SSSR count). The van der Waals surface area contributed by atoms with Gasteiger partial charge in [0, 0.05) is 23.2 Å². The van der Waals surface area contributed by atoms with Crippen molar-refractivity contribution in [1.82, 2.24) is 19.1 Å². The molecule has 0 atom stereocenters. The average molecular weight is 413 g/mol. The quantitative estimate of drug-likeness (QED) is 0.443. The molecular weight excluding hydrogens is 398 g/mol. The fourth-order valence-corrected chi connectivity index (χ4v) is 3.58. The Morgan fingerprint density at radius 1 is 0.967 bits per heavy atom. The minimum atomic E-state index is -0.333. The fraction of sp³-hybridized carbons (Fsp3) is 0. The van der Waals surface area contributed by atoms with E-state index in [9.17, 15) is 4.79 Å². The maximum Gasteiger partial charge on any atom is 0.276 e. The molecule has 0 saturated heterocycles. The van der Waals surface area contributed by atoms with Gasteiger partial charge in [-0.05, 0) is 24.3 Å². The van der Waals surface area contributed by atoms with E-state index in [2.05, 4.69) is 19.8 Å². The molecule has 8 heteroatoms. The maximum absolute atomic E-state index is 13.1. The molecule has 0 fully saturated rings. The highest BCUT2D eigenvalue weighted by Gasteiger charge is 2.20. The highest BCUT2D eigenvalue weighted by Crippen LogP contribution is 2.24. The van der Waals surface area contributed by atoms with Crippen LogP contribution >= 0.6 is 11.5 Å². The van der Waals surface area contributed by atoms with E-state index in [4.69, 9.17) is 4.42 Å². The summed E-state index contributed by atoms with van der Waals surface area (Å²) in [5.41, 5.74) is 2.59. The van der Waals surface area contributed by atoms with Crippen molar-refractivity contribution in [3.05, 3.63) is 90.8 Å². The van der Waals surface area contributed by atoms with Crippen LogP contribution in [0.4, 0.5) is 5.13 Å². The first-order valence-electron chi connectivity index (χ1n) is 9.18. The molecule has 0 radical (unpaired) electrons. The highest BCUT2D eigenvalue weighted by atomic mass is 32.1. The van der Waals surface area contributed by atoms with Crippen LogP contribution in [0.25, 0.3) is 28.5 Å². The number of nitrogens with one attached hydrogen (secondary N) is 1. The number of rotatable bonds is 5. The molecule has 2 aromatic carbocycles. The molecule has 5 aromatic rings. The number of carbonyl (C=O) groups excluding carboxylic acids is 1. The van der Waals surface area contributed by atoms with E-state index in [-0.39, 0.29) is 5.91 Å². The summed E-state index contributed by atoms with van der Waals surface area (Å²) in [4.78, 5) is 17.5. The Morgan fingerprint density at radius 3 is 2.47 bits per heavy atom. The lowest BCUT2D eigenvalue weighted by Gasteiger charge is -2.06. The molecule has 0 aliphatic heterocycles. The Balaban J connectivity index is 1.47. The first kappa shape index (κ1) is 18.0. The lowest BCUT2D eigenvalue weighted by Crippen LogP contribution is -2.16. The Labute approximate surface area is 175 Å². The largest absolute Gasteiger partial charge is 0.463 e. The molecule has 3 aromatic heterocycles. The molecule has 3 heterocycles. The summed E-state index contributed by atoms with van der Waals surface area (Å²) in [6, 6.07) is 24.4. The van der Waals surface area contributed by atoms with Crippen LogP contribution in [0, 0.1) is 0 Å². The third-order valence-electron chi connectivity index (χ3n) is 4.39. The van der Waals surface area contributed by atoms with Gasteiger partial charge >= 0.3 is 0 Å². The summed E-state index contributed by atoms with van der Waals surface area (Å²) in [5.74, 6) is 0.824. The molecule has 0 bridgehead atoms. The number of benzene rings is 2. The number of hydrogen-bond acceptors (Lipinski definition) is 6. The topological polar surface area (TPSA) is 85.8 Å². The van der Waals surface area contributed by atoms with Crippen molar-refractivity contribution in [2.24, 2.45) is 0 Å². The van der Waals surface area contributed by atoms with E-state index < -0.39 is 0 Å². The van der Waals surface area contributed by atoms with Crippen LogP contribution in [-0.4, -0.2) is 25.0 Å². The van der Waals surface area contributed by atoms with Gasteiger partial charge in [-0.1, -0.05) is 48.5 Å². The lowest BCUT2D eigenvalue weighted by atomic mass is 10.2. The maximum atomic E-state index is 13.1. The third kappa shape index (κ3) is 3.51. The third-order valence-corrected chi connectivity index (χ3v) is 5.03. The zero-order chi connectivity index (χ0) is 20.3. The first-order chi connectivity index (χ1) is 14.8. The molecule has 146 valence electrons. The van der Waals surface area contributed by atoms with Gasteiger partial charge in [0.15, 0.2) is 11.6 Å². The number of amides is 1. The van der Waals surface area contributed by atoms with Crippen LogP contribution < -0.4 is 5.32 Å². The van der Waals surface area contributed by atoms with Crippen molar-refractivity contribution < 1.29 is 9.21 Å². The minimum Gasteiger partial charge on any atom is -0.463 e. The number of furan rings is 1. The van der Waals surface area contributed by atoms with Crippen molar-refractivity contribution in [1.29, 1.82) is 0 Å². The van der Waals surface area contributed by atoms with Gasteiger partial charge in [0.2, 0.25) is 5.13 Å². The molecule has 0 saturated carbocycles. The monoisotopic (exact) mass is 413 g/mol. The fourth-order valence-electron chi connectivity index (χ4n) is 2.99. The second-order valence-electron chi connectivity index (χ2n) is 6.38. The lowest BCUT2D eigenvalue weighted by molar-refractivity contribution is 0.101. The molecule has 7 nitrogen and oxygen atoms in total. The van der Waals surface area contributed by atoms with E-state index in [1.165, 1.54) is 0 Å². The van der Waals surface area contributed by atoms with E-state index in [1.54, 1.807) is 29.1 Å². The van der Waals surface area contributed by atoms with E-state index in [1.807, 2.05) is 60.7 Å². The predicted octanol–water partition coefficient (Wildman–Crippen LogP) is 4.90. The SMILES string of the molecule is O=C(Nc1nc(-c2ccccc2)ns1)c1cc(-c2ccco2)nn1-c1ccccc1. The standard InChI is InChI=1S/C22H15N5O2S/c28-21(24-22-23-20(26-30-22)15-8-3-1-4-9-15)18-14-17(19-12-7-13-29-19)25-27(18)16-10-5-2-6-11-16/h1-14H,(H,23,24,26,28). The summed E-state index contributed by atoms with van der Waals surface area (Å²) in [5, 5.41) is 7.82. The van der Waals surface area contributed by atoms with Gasteiger partial charge in [-0.25, -0.2) is 4.68 Å². The van der Waals surface area contributed by atoms with Gasteiger partial charge in [-0.15, -0.1) is 0 Å². The average Bonchev–Trinajstić information content (AvgIpc) is 3.55. The number of nitrogens with zero attached hydrogens (tertiary/aromatic N) is 4. The minimum absolute atomic E-state index is 0.333. The Hall–Kier alpha value is -4.04. The highest BCUT2D eigenvalue weighted by molar-refractivity contribution is 7.10. The molecule has 0 spiro atoms. The Morgan fingerprint density at radius 2 is 1.73 bits per heavy atom. The van der Waals surface area contributed by atoms with Gasteiger partial charge in [0.05, 0.1) is 12.0 Å². The van der Waals surface area contributed by atoms with Crippen LogP contribution in [0.2, 0.25) is 0 Å². The van der Waals surface area contributed by atoms with E-state index >= 15 is 0 Å². The van der Waals surface area contributed by atoms with Gasteiger partial charge in [0.1, 0.15) is 11.4 Å². The van der Waals surface area contributed by atoms with Crippen molar-refractivity contribution in [2.75, 3.05) is 5.32 Å². The van der Waals surface area contributed by atoms with E-state index in [0.29, 0.717) is 28.1 Å². The smallest absolute Gasteiger partial charge is 0.276 e. The van der Waals surface area contributed by atoms with Crippen molar-refractivity contribution in [3.8, 4) is 28.5 Å². The summed E-state index contributed by atoms with van der Waals surface area (Å²) >= 11 is 1.13. The van der Waals surface area contributed by atoms with Crippen LogP contribution in [0.5, 0.6) is 0 Å². The molecule has 0 unspecified atom stereocenters. The summed E-state index contributed by atoms with van der Waals surface area (Å²) in [7, 11) is 0. The van der Waals surface area contributed by atoms with Crippen LogP contribution in [0.1, 0.15) is 10.5 Å². The van der Waals surface area contributed by atoms with Crippen LogP contribution in [0.3, 0.4) is 0 Å². The van der Waals surface area contributed by atoms with Crippen LogP contribution in [0.15, 0.2) is 89.5 Å². The van der Waals surface area contributed by atoms with Gasteiger partial charge in [-0.3, -0.25) is 10.1 Å². The number of aromatic nitrogens is 4. The van der Waals surface area contributed by atoms with E-state index in [0.717, 1.165) is 22.8 Å². The van der Waals surface area contributed by atoms with Gasteiger partial charge < -0.3 is 4.42 Å². The summed E-state index contributed by atoms with van der Waals surface area (Å²) in [6.07, 6.45) is 1.57. The Kier molecular flexibility index (Phi) is 4.66. The molecule has 0 aliphatic carbocycles. The number of hydrogen-bond donors (Lipinski definition) is 1. The van der Waals surface area contributed by atoms with Crippen molar-refractivity contribution in [3.63, 3.8) is 0 Å². The predicted molar refractivity (Wildman–Crippen MR) is 115 cm³/mol. The van der Waals surface area contributed by atoms with Crippen molar-refractivity contribution >= 4 is 22.6 Å². The molecular formula is C22H15N5O2S. The molecule has 0 aliphatic rings. The molecule has 30 heavy (non-hydrogen) atoms. The number of para-hydroxylation sites is 1. The number of anilines is 1. The second-order valence-corrected chi connectivity index (χ2v) is 7.13. The zero-order valence-electron chi connectivity index (χ0n) is 15.6. The van der Waals surface area contributed by atoms with Crippen LogP contribution in [-0.2, 0) is 0 Å². The normalized spacial score (nSPS) is 10.8. The molecule has 1 N–H and O–H groups in total. The first-order valence-corrected chi connectivity index (χ1v) is 9.95. The molecule has 1 amide bonds. The van der Waals surface area contributed by atoms with Gasteiger partial charge in [-0.2, -0.15) is 14.5 Å². The van der Waals surface area contributed by atoms with Gasteiger partial charge in [0.25, 0.3) is 5.91 Å².